The maximum Gasteiger partial charge on any atom is 2.00 e. The van der Waals surface area contributed by atoms with Crippen molar-refractivity contribution in [2.45, 2.75) is 0 Å². The zero-order valence-corrected chi connectivity index (χ0v) is 30.1. The Kier molecular flexibility index (Phi) is 7.59. The number of nitrogens with zero attached hydrogens (tertiary/aromatic N) is 5. The second-order valence-electron chi connectivity index (χ2n) is 13.1. The second-order valence-corrected chi connectivity index (χ2v) is 13.1. The maximum absolute atomic E-state index is 6.61. The first-order valence-electron chi connectivity index (χ1n) is 17.5. The number of pyridine rings is 3. The van der Waals surface area contributed by atoms with E-state index in [0.717, 1.165) is 88.5 Å². The number of benzene rings is 6. The standard InChI is InChI=1S/C47H27N5O.Pd/c1-4-13-30(14-5-1)41-29-51-42-21-11-10-19-37(42)35-24-22-33(27-39(35)46(51)49-41)53-34-23-25-36-38-20-12-26-48-45(38)52-44(32-17-8-3-9-18-32)43(31-15-6-2-7-16-31)50-47(52)40(36)28-34;/h1-26,29H;/q-2;+2. The largest absolute Gasteiger partial charge is 2.00 e. The van der Waals surface area contributed by atoms with Crippen molar-refractivity contribution in [2.24, 2.45) is 0 Å². The van der Waals surface area contributed by atoms with Crippen LogP contribution in [0.15, 0.2) is 164 Å². The summed E-state index contributed by atoms with van der Waals surface area (Å²) in [6.45, 7) is 0. The third-order valence-corrected chi connectivity index (χ3v) is 9.99. The fourth-order valence-electron chi connectivity index (χ4n) is 7.63. The van der Waals surface area contributed by atoms with E-state index >= 15 is 0 Å². The molecule has 0 fully saturated rings. The second kappa shape index (κ2) is 12.8. The van der Waals surface area contributed by atoms with Gasteiger partial charge in [-0.2, -0.15) is 0 Å². The molecule has 0 radical (unpaired) electrons. The smallest absolute Gasteiger partial charge is 0.497 e. The monoisotopic (exact) mass is 783 g/mol. The maximum atomic E-state index is 6.61. The minimum Gasteiger partial charge on any atom is -0.497 e. The summed E-state index contributed by atoms with van der Waals surface area (Å²) in [5.41, 5.74) is 9.41. The molecule has 0 N–H and O–H groups in total. The number of hydrogen-bond acceptors (Lipinski definition) is 4. The summed E-state index contributed by atoms with van der Waals surface area (Å²) in [5.74, 6) is 1.14. The van der Waals surface area contributed by atoms with Gasteiger partial charge in [-0.3, -0.25) is 9.97 Å². The molecule has 0 aliphatic heterocycles. The molecule has 6 aromatic carbocycles. The number of hydrogen-bond donors (Lipinski definition) is 0. The molecule has 0 saturated carbocycles. The van der Waals surface area contributed by atoms with E-state index in [2.05, 4.69) is 118 Å². The molecule has 0 atom stereocenters. The zero-order valence-electron chi connectivity index (χ0n) is 28.5. The summed E-state index contributed by atoms with van der Waals surface area (Å²) >= 11 is 0. The molecule has 0 aliphatic rings. The van der Waals surface area contributed by atoms with Gasteiger partial charge in [0.2, 0.25) is 0 Å². The first kappa shape index (κ1) is 32.0. The molecule has 0 saturated heterocycles. The third-order valence-electron chi connectivity index (χ3n) is 9.99. The van der Waals surface area contributed by atoms with Gasteiger partial charge in [0.15, 0.2) is 0 Å². The number of rotatable bonds is 5. The van der Waals surface area contributed by atoms with Crippen molar-refractivity contribution >= 4 is 54.8 Å². The van der Waals surface area contributed by atoms with E-state index in [1.165, 1.54) is 0 Å². The Balaban J connectivity index is 0.00000361. The molecule has 0 amide bonds. The Morgan fingerprint density at radius 1 is 0.481 bits per heavy atom. The number of aromatic nitrogens is 5. The van der Waals surface area contributed by atoms with Crippen LogP contribution >= 0.6 is 0 Å². The molecule has 5 heterocycles. The summed E-state index contributed by atoms with van der Waals surface area (Å²) < 4.78 is 10.9. The minimum atomic E-state index is 0. The van der Waals surface area contributed by atoms with Crippen molar-refractivity contribution in [2.75, 3.05) is 0 Å². The van der Waals surface area contributed by atoms with Gasteiger partial charge in [0.1, 0.15) is 5.65 Å². The van der Waals surface area contributed by atoms with Crippen molar-refractivity contribution in [3.05, 3.63) is 176 Å². The zero-order chi connectivity index (χ0) is 34.9. The molecule has 7 heteroatoms. The predicted octanol–water partition coefficient (Wildman–Crippen LogP) is 11.4. The van der Waals surface area contributed by atoms with E-state index in [-0.39, 0.29) is 20.4 Å². The van der Waals surface area contributed by atoms with Gasteiger partial charge in [-0.1, -0.05) is 161 Å². The summed E-state index contributed by atoms with van der Waals surface area (Å²) in [6, 6.07) is 58.8. The van der Waals surface area contributed by atoms with Gasteiger partial charge in [0, 0.05) is 46.1 Å². The van der Waals surface area contributed by atoms with Crippen LogP contribution in [-0.4, -0.2) is 23.8 Å². The van der Waals surface area contributed by atoms with E-state index in [0.29, 0.717) is 11.5 Å². The van der Waals surface area contributed by atoms with Gasteiger partial charge in [-0.15, -0.1) is 12.1 Å². The molecule has 11 rings (SSSR count). The van der Waals surface area contributed by atoms with Crippen LogP contribution in [0.1, 0.15) is 0 Å². The van der Waals surface area contributed by atoms with Gasteiger partial charge in [0.05, 0.1) is 28.4 Å². The van der Waals surface area contributed by atoms with Gasteiger partial charge < -0.3 is 13.5 Å². The van der Waals surface area contributed by atoms with E-state index < -0.39 is 0 Å². The molecule has 54 heavy (non-hydrogen) atoms. The van der Waals surface area contributed by atoms with Crippen molar-refractivity contribution in [3.8, 4) is 45.3 Å². The fourth-order valence-corrected chi connectivity index (χ4v) is 7.63. The average molecular weight is 784 g/mol. The number of para-hydroxylation sites is 1. The van der Waals surface area contributed by atoms with Crippen LogP contribution in [0.5, 0.6) is 11.5 Å². The molecule has 0 unspecified atom stereocenters. The van der Waals surface area contributed by atoms with E-state index in [1.54, 1.807) is 0 Å². The van der Waals surface area contributed by atoms with E-state index in [9.17, 15) is 0 Å². The molecular formula is C47H27N5OPd. The van der Waals surface area contributed by atoms with Crippen LogP contribution in [0, 0.1) is 12.1 Å². The van der Waals surface area contributed by atoms with Gasteiger partial charge >= 0.3 is 20.4 Å². The van der Waals surface area contributed by atoms with Gasteiger partial charge in [-0.25, -0.2) is 4.98 Å². The Hall–Kier alpha value is -6.65. The summed E-state index contributed by atoms with van der Waals surface area (Å²) in [7, 11) is 0. The van der Waals surface area contributed by atoms with E-state index in [1.807, 2.05) is 66.9 Å². The topological polar surface area (TPSA) is 56.7 Å². The predicted molar refractivity (Wildman–Crippen MR) is 212 cm³/mol. The minimum absolute atomic E-state index is 0. The summed E-state index contributed by atoms with van der Waals surface area (Å²) in [5, 5.41) is 5.92. The Bertz CT molecular complexity index is 3190. The molecule has 5 aromatic heterocycles. The summed E-state index contributed by atoms with van der Waals surface area (Å²) in [6.07, 6.45) is 3.94. The molecule has 0 aliphatic carbocycles. The van der Waals surface area contributed by atoms with Crippen LogP contribution in [0.2, 0.25) is 0 Å². The first-order chi connectivity index (χ1) is 26.3. The fraction of sp³-hybridized carbons (Fsp3) is 0. The SMILES string of the molecule is [Pd+2].[c-]1c(Oc2[c-]c3c(cc2)c2cccnc2n2c(-c4ccccc4)c(-c4ccccc4)nc32)ccc2c1c1nc(-c3ccccc3)cn1c1ccccc21. The van der Waals surface area contributed by atoms with Crippen LogP contribution in [0.25, 0.3) is 88.5 Å². The van der Waals surface area contributed by atoms with Gasteiger partial charge in [0.25, 0.3) is 0 Å². The quantitative estimate of drug-likeness (QED) is 0.0991. The third kappa shape index (κ3) is 5.02. The molecule has 6 nitrogen and oxygen atoms in total. The van der Waals surface area contributed by atoms with Gasteiger partial charge in [-0.05, 0) is 22.9 Å². The number of fused-ring (bicyclic) bond motifs is 12. The molecule has 11 aromatic rings. The van der Waals surface area contributed by atoms with Crippen molar-refractivity contribution in [3.63, 3.8) is 0 Å². The Morgan fingerprint density at radius 2 is 1.07 bits per heavy atom. The van der Waals surface area contributed by atoms with Crippen molar-refractivity contribution in [1.82, 2.24) is 23.8 Å². The number of ether oxygens (including phenoxy) is 1. The average Bonchev–Trinajstić information content (AvgIpc) is 3.87. The number of imidazole rings is 2. The summed E-state index contributed by atoms with van der Waals surface area (Å²) in [4.78, 5) is 15.4. The van der Waals surface area contributed by atoms with Crippen molar-refractivity contribution in [1.29, 1.82) is 0 Å². The Labute approximate surface area is 323 Å². The molecule has 0 bridgehead atoms. The Morgan fingerprint density at radius 3 is 1.80 bits per heavy atom. The molecular weight excluding hydrogens is 757 g/mol. The van der Waals surface area contributed by atoms with Crippen LogP contribution in [-0.2, 0) is 20.4 Å². The normalized spacial score (nSPS) is 11.6. The molecule has 256 valence electrons. The first-order valence-corrected chi connectivity index (χ1v) is 17.5. The van der Waals surface area contributed by atoms with Crippen LogP contribution in [0.4, 0.5) is 0 Å². The van der Waals surface area contributed by atoms with Crippen LogP contribution < -0.4 is 4.74 Å². The molecule has 0 spiro atoms. The van der Waals surface area contributed by atoms with E-state index in [4.69, 9.17) is 19.7 Å². The van der Waals surface area contributed by atoms with Crippen molar-refractivity contribution < 1.29 is 25.2 Å². The van der Waals surface area contributed by atoms with Crippen LogP contribution in [0.3, 0.4) is 0 Å².